The quantitative estimate of drug-likeness (QED) is 0.0402. The molecule has 6 amide bonds. The van der Waals surface area contributed by atoms with E-state index in [2.05, 4.69) is 158 Å². The Balaban J connectivity index is 0.000000199. The Hall–Kier alpha value is -8.88. The number of nitrogens with one attached hydrogen (secondary N) is 6. The summed E-state index contributed by atoms with van der Waals surface area (Å²) in [6.45, 7) is 7.90. The Labute approximate surface area is 778 Å². The minimum Gasteiger partial charge on any atom is -0.507 e. The number of anilines is 6. The average molecular weight is 2400 g/mol. The van der Waals surface area contributed by atoms with E-state index in [9.17, 15) is 94.5 Å². The SMILES string of the molecule is Cc1cc(C)cc(NC(=O)c2cc(Br)ccc2O)c1.Cc1cc(C)cc(NC(=O)c2cc(I)ccc2O)c1.O=C(Nc1cc(Br)cc(Br)c1)c1cc(I)ccc1O.O=C(Nc1cc(C(F)(F)F)ccc1C(F)(F)F)c1cc(Br)ccc1O.O=C(Nc1cc(Cl)cc(Cl)c1)c1cc(I)ccc1O.O=C(Nc1cc(F)cc(F)c1)c1cc(I)ccc1O. The molecule has 0 radical (unpaired) electrons. The van der Waals surface area contributed by atoms with Crippen LogP contribution in [0.1, 0.15) is 95.5 Å². The lowest BCUT2D eigenvalue weighted by Gasteiger charge is -2.16. The molecule has 12 rings (SSSR count). The molecule has 0 heterocycles. The van der Waals surface area contributed by atoms with Crippen molar-refractivity contribution in [2.75, 3.05) is 31.9 Å². The summed E-state index contributed by atoms with van der Waals surface area (Å²) in [4.78, 5) is 72.4. The molecule has 12 aromatic carbocycles. The van der Waals surface area contributed by atoms with Crippen molar-refractivity contribution in [3.8, 4) is 34.5 Å². The van der Waals surface area contributed by atoms with E-state index in [1.807, 2.05) is 92.8 Å². The fourth-order valence-electron chi connectivity index (χ4n) is 10.4. The zero-order valence-corrected chi connectivity index (χ0v) is 78.2. The Morgan fingerprint density at radius 2 is 0.575 bits per heavy atom. The zero-order valence-electron chi connectivity index (χ0n) is 61.7. The van der Waals surface area contributed by atoms with E-state index in [0.717, 1.165) is 85.6 Å². The predicted octanol–water partition coefficient (Wildman–Crippen LogP) is 26.2. The molecule has 0 unspecified atom stereocenters. The van der Waals surface area contributed by atoms with E-state index in [4.69, 9.17) is 23.2 Å². The molecule has 36 heteroatoms. The lowest BCUT2D eigenvalue weighted by molar-refractivity contribution is -0.140. The maximum absolute atomic E-state index is 13.0. The summed E-state index contributed by atoms with van der Waals surface area (Å²) in [5.41, 5.74) is 3.65. The van der Waals surface area contributed by atoms with Gasteiger partial charge in [0.2, 0.25) is 0 Å². The van der Waals surface area contributed by atoms with Crippen molar-refractivity contribution < 1.29 is 94.5 Å². The fraction of sp³-hybridized carbons (Fsp3) is 0.0714. The third kappa shape index (κ3) is 31.2. The molecule has 0 saturated carbocycles. The Morgan fingerprint density at radius 3 is 0.883 bits per heavy atom. The molecule has 0 atom stereocenters. The van der Waals surface area contributed by atoms with Crippen LogP contribution in [-0.2, 0) is 12.4 Å². The minimum absolute atomic E-state index is 0.0118. The summed E-state index contributed by atoms with van der Waals surface area (Å²) >= 11 is 32.9. The fourth-order valence-corrected chi connectivity index (χ4v) is 14.9. The van der Waals surface area contributed by atoms with Crippen molar-refractivity contribution in [1.29, 1.82) is 0 Å². The van der Waals surface area contributed by atoms with Gasteiger partial charge < -0.3 is 62.5 Å². The summed E-state index contributed by atoms with van der Waals surface area (Å²) in [7, 11) is 0. The van der Waals surface area contributed by atoms with Gasteiger partial charge in [-0.05, 0) is 341 Å². The van der Waals surface area contributed by atoms with Gasteiger partial charge in [0, 0.05) is 76.7 Å². The van der Waals surface area contributed by atoms with Gasteiger partial charge in [-0.25, -0.2) is 8.78 Å². The largest absolute Gasteiger partial charge is 0.507 e. The highest BCUT2D eigenvalue weighted by Crippen LogP contribution is 2.40. The van der Waals surface area contributed by atoms with Crippen LogP contribution >= 0.6 is 177 Å². The van der Waals surface area contributed by atoms with Gasteiger partial charge in [0.05, 0.1) is 50.2 Å². The second-order valence-corrected chi connectivity index (χ2v) is 34.7. The molecule has 0 fully saturated rings. The van der Waals surface area contributed by atoms with E-state index in [1.54, 1.807) is 90.2 Å². The molecule has 0 aromatic heterocycles. The van der Waals surface area contributed by atoms with Crippen LogP contribution in [0.25, 0.3) is 0 Å². The van der Waals surface area contributed by atoms with Gasteiger partial charge in [0.25, 0.3) is 35.4 Å². The molecule has 12 aromatic rings. The van der Waals surface area contributed by atoms with Crippen molar-refractivity contribution in [1.82, 2.24) is 0 Å². The minimum atomic E-state index is -4.98. The monoisotopic (exact) mass is 2390 g/mol. The number of carbonyl (C=O) groups is 6. The van der Waals surface area contributed by atoms with Gasteiger partial charge in [-0.15, -0.1) is 0 Å². The van der Waals surface area contributed by atoms with E-state index in [1.165, 1.54) is 42.5 Å². The summed E-state index contributed by atoms with van der Waals surface area (Å²) in [5.74, 6) is -5.71. The molecule has 0 saturated heterocycles. The number of benzene rings is 12. The molecular weight excluding hydrogens is 2340 g/mol. The molecule has 120 heavy (non-hydrogen) atoms. The van der Waals surface area contributed by atoms with Crippen LogP contribution < -0.4 is 31.9 Å². The van der Waals surface area contributed by atoms with Crippen LogP contribution in [-0.4, -0.2) is 66.1 Å². The molecule has 0 bridgehead atoms. The van der Waals surface area contributed by atoms with Crippen LogP contribution in [0.15, 0.2) is 236 Å². The highest BCUT2D eigenvalue weighted by molar-refractivity contribution is 14.1. The van der Waals surface area contributed by atoms with E-state index >= 15 is 0 Å². The number of aryl methyl sites for hydroxylation is 4. The maximum atomic E-state index is 13.0. The van der Waals surface area contributed by atoms with Crippen LogP contribution in [0.4, 0.5) is 69.2 Å². The van der Waals surface area contributed by atoms with E-state index < -0.39 is 69.8 Å². The first-order valence-electron chi connectivity index (χ1n) is 33.8. The van der Waals surface area contributed by atoms with Crippen molar-refractivity contribution in [2.45, 2.75) is 40.0 Å². The standard InChI is InChI=1S/C15H8BrF6NO2.C15H14BrNO2.C15H14INO2.C13H8Br2INO2.C13H8Cl2INO2.C13H8F2INO2/c16-8-2-4-12(24)9(6-8)13(25)23-11-5-7(14(17,18)19)1-3-10(11)15(20,21)22;2*1-9-5-10(2)7-12(6-9)17-15(19)13-8-11(16)3-4-14(13)18;3*14-7-3-8(15)5-10(4-7)17-13(19)11-6-9(16)1-2-12(11)18/h1-6,24H,(H,23,25);2*3-8,18H,1-2H3,(H,17,19);3*1-6,18H,(H,17,19). The number of alkyl halides is 6. The summed E-state index contributed by atoms with van der Waals surface area (Å²) in [6, 6.07) is 52.7. The molecule has 0 aliphatic carbocycles. The Kier molecular flexibility index (Phi) is 36.7. The third-order valence-corrected chi connectivity index (χ3v) is 20.5. The van der Waals surface area contributed by atoms with Gasteiger partial charge in [-0.1, -0.05) is 99.1 Å². The lowest BCUT2D eigenvalue weighted by Crippen LogP contribution is -2.18. The molecule has 624 valence electrons. The Morgan fingerprint density at radius 1 is 0.300 bits per heavy atom. The van der Waals surface area contributed by atoms with E-state index in [0.29, 0.717) is 32.0 Å². The molecule has 12 N–H and O–H groups in total. The van der Waals surface area contributed by atoms with Crippen molar-refractivity contribution >= 4 is 247 Å². The topological polar surface area (TPSA) is 296 Å². The van der Waals surface area contributed by atoms with Crippen molar-refractivity contribution in [3.63, 3.8) is 0 Å². The second-order valence-electron chi connectivity index (χ2n) is 25.2. The highest BCUT2D eigenvalue weighted by Gasteiger charge is 2.38. The number of phenolic OH excluding ortho intramolecular Hbond substituents is 6. The van der Waals surface area contributed by atoms with Gasteiger partial charge in [-0.2, -0.15) is 26.3 Å². The normalized spacial score (nSPS) is 10.7. The molecule has 0 aliphatic heterocycles. The lowest BCUT2D eigenvalue weighted by atomic mass is 10.1. The molecule has 18 nitrogen and oxygen atoms in total. The van der Waals surface area contributed by atoms with Crippen LogP contribution in [0.2, 0.25) is 10.0 Å². The van der Waals surface area contributed by atoms with Crippen LogP contribution in [0.5, 0.6) is 34.5 Å². The second kappa shape index (κ2) is 44.8. The van der Waals surface area contributed by atoms with Crippen LogP contribution in [0.3, 0.4) is 0 Å². The number of hydrogen-bond donors (Lipinski definition) is 12. The first-order valence-corrected chi connectivity index (χ1v) is 42.0. The van der Waals surface area contributed by atoms with Gasteiger partial charge in [-0.3, -0.25) is 28.8 Å². The number of hydrogen-bond acceptors (Lipinski definition) is 12. The van der Waals surface area contributed by atoms with Gasteiger partial charge in [0.15, 0.2) is 0 Å². The summed E-state index contributed by atoms with van der Waals surface area (Å²) in [6.07, 6.45) is -9.87. The zero-order chi connectivity index (χ0) is 88.9. The maximum Gasteiger partial charge on any atom is 0.418 e. The predicted molar refractivity (Wildman–Crippen MR) is 496 cm³/mol. The number of rotatable bonds is 12. The van der Waals surface area contributed by atoms with Crippen molar-refractivity contribution in [3.05, 3.63) is 339 Å². The first-order chi connectivity index (χ1) is 56.2. The van der Waals surface area contributed by atoms with E-state index in [-0.39, 0.29) is 98.2 Å². The Bertz CT molecular complexity index is 5110. The molecule has 0 spiro atoms. The number of aromatic hydroxyl groups is 6. The third-order valence-electron chi connectivity index (χ3n) is 15.4. The number of halogens is 18. The number of phenols is 6. The number of carbonyl (C=O) groups excluding carboxylic acids is 6. The molecular formula is C84H60Br4Cl2F8I4N6O12. The summed E-state index contributed by atoms with van der Waals surface area (Å²) in [5, 5.41) is 73.9. The number of amides is 6. The molecule has 0 aliphatic rings. The average Bonchev–Trinajstić information content (AvgIpc) is 0.786. The smallest absolute Gasteiger partial charge is 0.418 e. The van der Waals surface area contributed by atoms with Crippen LogP contribution in [0, 0.1) is 53.6 Å². The first kappa shape index (κ1) is 98.2. The van der Waals surface area contributed by atoms with Gasteiger partial charge >= 0.3 is 12.4 Å². The van der Waals surface area contributed by atoms with Crippen molar-refractivity contribution in [2.24, 2.45) is 0 Å². The van der Waals surface area contributed by atoms with Gasteiger partial charge in [0.1, 0.15) is 46.1 Å². The summed E-state index contributed by atoms with van der Waals surface area (Å²) < 4.78 is 109. The highest BCUT2D eigenvalue weighted by atomic mass is 127.